The van der Waals surface area contributed by atoms with Crippen molar-refractivity contribution in [3.8, 4) is 0 Å². The van der Waals surface area contributed by atoms with Crippen molar-refractivity contribution in [3.05, 3.63) is 52.0 Å². The fourth-order valence-corrected chi connectivity index (χ4v) is 2.49. The van der Waals surface area contributed by atoms with Crippen molar-refractivity contribution < 1.29 is 8.94 Å². The van der Waals surface area contributed by atoms with Gasteiger partial charge in [0.1, 0.15) is 17.1 Å². The number of aromatic nitrogens is 1. The van der Waals surface area contributed by atoms with Crippen LogP contribution in [0.1, 0.15) is 30.2 Å². The first-order valence-electron chi connectivity index (χ1n) is 6.46. The van der Waals surface area contributed by atoms with Crippen molar-refractivity contribution in [2.75, 3.05) is 0 Å². The molecule has 0 aliphatic rings. The molecule has 4 nitrogen and oxygen atoms in total. The lowest BCUT2D eigenvalue weighted by molar-refractivity contribution is 0.383. The number of fused-ring (bicyclic) bond motifs is 1. The predicted octanol–water partition coefficient (Wildman–Crippen LogP) is 4.34. The molecule has 0 bridgehead atoms. The van der Waals surface area contributed by atoms with E-state index < -0.39 is 0 Å². The number of aryl methyl sites for hydroxylation is 1. The lowest BCUT2D eigenvalue weighted by Crippen LogP contribution is -2.17. The Kier molecular flexibility index (Phi) is 3.63. The SMILES string of the molecule is Cc1cc(CNC(C)c2cc3cc(Br)ccc3o2)no1. The van der Waals surface area contributed by atoms with Crippen molar-refractivity contribution in [1.29, 1.82) is 0 Å². The number of rotatable bonds is 4. The molecule has 0 saturated heterocycles. The third kappa shape index (κ3) is 2.78. The molecule has 1 unspecified atom stereocenters. The van der Waals surface area contributed by atoms with E-state index >= 15 is 0 Å². The molecule has 0 radical (unpaired) electrons. The third-order valence-corrected chi connectivity index (χ3v) is 3.68. The summed E-state index contributed by atoms with van der Waals surface area (Å²) in [5.41, 5.74) is 1.79. The van der Waals surface area contributed by atoms with Gasteiger partial charge in [-0.1, -0.05) is 21.1 Å². The molecule has 104 valence electrons. The maximum atomic E-state index is 5.85. The Morgan fingerprint density at radius 3 is 2.90 bits per heavy atom. The number of nitrogens with zero attached hydrogens (tertiary/aromatic N) is 1. The Bertz CT molecular complexity index is 732. The van der Waals surface area contributed by atoms with Gasteiger partial charge in [-0.2, -0.15) is 0 Å². The molecule has 3 rings (SSSR count). The zero-order valence-electron chi connectivity index (χ0n) is 11.3. The second-order valence-corrected chi connectivity index (χ2v) is 5.78. The molecule has 0 amide bonds. The van der Waals surface area contributed by atoms with E-state index in [0.717, 1.165) is 32.7 Å². The summed E-state index contributed by atoms with van der Waals surface area (Å²) >= 11 is 3.47. The Morgan fingerprint density at radius 2 is 2.15 bits per heavy atom. The third-order valence-electron chi connectivity index (χ3n) is 3.19. The van der Waals surface area contributed by atoms with Crippen LogP contribution in [-0.4, -0.2) is 5.16 Å². The molecule has 2 heterocycles. The summed E-state index contributed by atoms with van der Waals surface area (Å²) in [6.07, 6.45) is 0. The Morgan fingerprint density at radius 1 is 1.30 bits per heavy atom. The lowest BCUT2D eigenvalue weighted by atomic mass is 10.2. The van der Waals surface area contributed by atoms with Crippen LogP contribution in [0, 0.1) is 6.92 Å². The van der Waals surface area contributed by atoms with Gasteiger partial charge in [-0.15, -0.1) is 0 Å². The van der Waals surface area contributed by atoms with Gasteiger partial charge < -0.3 is 14.3 Å². The summed E-state index contributed by atoms with van der Waals surface area (Å²) in [5.74, 6) is 1.74. The average molecular weight is 335 g/mol. The van der Waals surface area contributed by atoms with E-state index in [1.807, 2.05) is 25.1 Å². The topological polar surface area (TPSA) is 51.2 Å². The largest absolute Gasteiger partial charge is 0.459 e. The number of benzene rings is 1. The van der Waals surface area contributed by atoms with Crippen LogP contribution in [0.3, 0.4) is 0 Å². The Balaban J connectivity index is 1.73. The molecule has 3 aromatic rings. The van der Waals surface area contributed by atoms with Gasteiger partial charge in [0.2, 0.25) is 0 Å². The van der Waals surface area contributed by atoms with Gasteiger partial charge in [-0.25, -0.2) is 0 Å². The highest BCUT2D eigenvalue weighted by atomic mass is 79.9. The van der Waals surface area contributed by atoms with Gasteiger partial charge >= 0.3 is 0 Å². The van der Waals surface area contributed by atoms with E-state index in [9.17, 15) is 0 Å². The van der Waals surface area contributed by atoms with Crippen LogP contribution in [-0.2, 0) is 6.54 Å². The number of hydrogen-bond acceptors (Lipinski definition) is 4. The van der Waals surface area contributed by atoms with E-state index in [1.54, 1.807) is 0 Å². The summed E-state index contributed by atoms with van der Waals surface area (Å²) < 4.78 is 11.9. The second-order valence-electron chi connectivity index (χ2n) is 4.86. The molecular formula is C15H15BrN2O2. The van der Waals surface area contributed by atoms with E-state index in [2.05, 4.69) is 45.5 Å². The van der Waals surface area contributed by atoms with Crippen LogP contribution < -0.4 is 5.32 Å². The first-order valence-corrected chi connectivity index (χ1v) is 7.26. The second kappa shape index (κ2) is 5.42. The van der Waals surface area contributed by atoms with Gasteiger partial charge in [0.05, 0.1) is 11.7 Å². The Labute approximate surface area is 125 Å². The maximum Gasteiger partial charge on any atom is 0.134 e. The lowest BCUT2D eigenvalue weighted by Gasteiger charge is -2.09. The minimum Gasteiger partial charge on any atom is -0.459 e. The van der Waals surface area contributed by atoms with E-state index in [4.69, 9.17) is 8.94 Å². The van der Waals surface area contributed by atoms with Gasteiger partial charge in [0, 0.05) is 22.5 Å². The zero-order chi connectivity index (χ0) is 14.1. The normalized spacial score (nSPS) is 12.9. The van der Waals surface area contributed by atoms with Gasteiger partial charge in [0.25, 0.3) is 0 Å². The highest BCUT2D eigenvalue weighted by molar-refractivity contribution is 9.10. The molecule has 0 aliphatic carbocycles. The molecule has 0 saturated carbocycles. The van der Waals surface area contributed by atoms with E-state index in [1.165, 1.54) is 0 Å². The van der Waals surface area contributed by atoms with Crippen LogP contribution >= 0.6 is 15.9 Å². The van der Waals surface area contributed by atoms with Crippen LogP contribution in [0.5, 0.6) is 0 Å². The number of nitrogens with one attached hydrogen (secondary N) is 1. The average Bonchev–Trinajstić information content (AvgIpc) is 3.01. The van der Waals surface area contributed by atoms with Crippen molar-refractivity contribution in [1.82, 2.24) is 10.5 Å². The molecule has 0 spiro atoms. The maximum absolute atomic E-state index is 5.85. The molecule has 0 aliphatic heterocycles. The van der Waals surface area contributed by atoms with Crippen LogP contribution in [0.4, 0.5) is 0 Å². The highest BCUT2D eigenvalue weighted by Crippen LogP contribution is 2.26. The van der Waals surface area contributed by atoms with Gasteiger partial charge in [-0.3, -0.25) is 0 Å². The molecule has 1 atom stereocenters. The molecule has 0 fully saturated rings. The molecule has 1 N–H and O–H groups in total. The standard InChI is InChI=1S/C15H15BrN2O2/c1-9-5-13(18-20-9)8-17-10(2)15-7-11-6-12(16)3-4-14(11)19-15/h3-7,10,17H,8H2,1-2H3. The van der Waals surface area contributed by atoms with Crippen molar-refractivity contribution in [2.45, 2.75) is 26.4 Å². The molecular weight excluding hydrogens is 320 g/mol. The van der Waals surface area contributed by atoms with Crippen molar-refractivity contribution >= 4 is 26.9 Å². The number of halogens is 1. The van der Waals surface area contributed by atoms with Crippen molar-refractivity contribution in [2.24, 2.45) is 0 Å². The molecule has 20 heavy (non-hydrogen) atoms. The van der Waals surface area contributed by atoms with Crippen molar-refractivity contribution in [3.63, 3.8) is 0 Å². The van der Waals surface area contributed by atoms with E-state index in [0.29, 0.717) is 6.54 Å². The Hall–Kier alpha value is -1.59. The first kappa shape index (κ1) is 13.4. The summed E-state index contributed by atoms with van der Waals surface area (Å²) in [7, 11) is 0. The van der Waals surface area contributed by atoms with Gasteiger partial charge in [-0.05, 0) is 38.1 Å². The first-order chi connectivity index (χ1) is 9.61. The summed E-state index contributed by atoms with van der Waals surface area (Å²) in [4.78, 5) is 0. The van der Waals surface area contributed by atoms with Crippen LogP contribution in [0.15, 0.2) is 43.7 Å². The minimum atomic E-state index is 0.109. The van der Waals surface area contributed by atoms with E-state index in [-0.39, 0.29) is 6.04 Å². The zero-order valence-corrected chi connectivity index (χ0v) is 12.9. The summed E-state index contributed by atoms with van der Waals surface area (Å²) in [6.45, 7) is 4.61. The molecule has 2 aromatic heterocycles. The highest BCUT2D eigenvalue weighted by Gasteiger charge is 2.12. The minimum absolute atomic E-state index is 0.109. The number of hydrogen-bond donors (Lipinski definition) is 1. The predicted molar refractivity (Wildman–Crippen MR) is 80.4 cm³/mol. The quantitative estimate of drug-likeness (QED) is 0.770. The molecule has 1 aromatic carbocycles. The van der Waals surface area contributed by atoms with Crippen LogP contribution in [0.2, 0.25) is 0 Å². The number of furan rings is 1. The summed E-state index contributed by atoms with van der Waals surface area (Å²) in [6, 6.07) is 10.1. The monoisotopic (exact) mass is 334 g/mol. The fourth-order valence-electron chi connectivity index (χ4n) is 2.11. The molecule has 5 heteroatoms. The van der Waals surface area contributed by atoms with Crippen LogP contribution in [0.25, 0.3) is 11.0 Å². The fraction of sp³-hybridized carbons (Fsp3) is 0.267. The summed E-state index contributed by atoms with van der Waals surface area (Å²) in [5, 5.41) is 8.44. The smallest absolute Gasteiger partial charge is 0.134 e. The van der Waals surface area contributed by atoms with Gasteiger partial charge in [0.15, 0.2) is 0 Å².